The van der Waals surface area contributed by atoms with Crippen LogP contribution in [0.15, 0.2) is 24.7 Å². The number of nitrogens with one attached hydrogen (secondary N) is 2. The molecule has 0 unspecified atom stereocenters. The zero-order valence-electron chi connectivity index (χ0n) is 10.6. The van der Waals surface area contributed by atoms with E-state index in [0.717, 1.165) is 42.8 Å². The van der Waals surface area contributed by atoms with Crippen LogP contribution in [0.1, 0.15) is 24.0 Å². The summed E-state index contributed by atoms with van der Waals surface area (Å²) in [4.78, 5) is 4.16. The highest BCUT2D eigenvalue weighted by Crippen LogP contribution is 2.13. The van der Waals surface area contributed by atoms with Crippen molar-refractivity contribution in [2.75, 3.05) is 13.2 Å². The van der Waals surface area contributed by atoms with E-state index in [1.54, 1.807) is 6.20 Å². The second-order valence-electron chi connectivity index (χ2n) is 4.55. The van der Waals surface area contributed by atoms with Gasteiger partial charge >= 0.3 is 0 Å². The first kappa shape index (κ1) is 12.8. The van der Waals surface area contributed by atoms with Crippen LogP contribution in [0.2, 0.25) is 0 Å². The Labute approximate surface area is 108 Å². The van der Waals surface area contributed by atoms with E-state index < -0.39 is 0 Å². The quantitative estimate of drug-likeness (QED) is 0.799. The van der Waals surface area contributed by atoms with Crippen LogP contribution >= 0.6 is 0 Å². The summed E-state index contributed by atoms with van der Waals surface area (Å²) in [7, 11) is 0. The minimum atomic E-state index is 0.450. The molecule has 0 bridgehead atoms. The molecule has 4 heteroatoms. The number of hydrogen-bond donors (Lipinski definition) is 2. The monoisotopic (exact) mass is 245 g/mol. The highest BCUT2D eigenvalue weighted by molar-refractivity contribution is 6.08. The molecule has 96 valence electrons. The second-order valence-corrected chi connectivity index (χ2v) is 4.55. The Kier molecular flexibility index (Phi) is 4.47. The van der Waals surface area contributed by atoms with Gasteiger partial charge in [0.05, 0.1) is 0 Å². The van der Waals surface area contributed by atoms with Gasteiger partial charge in [0.25, 0.3) is 0 Å². The maximum atomic E-state index is 7.50. The molecule has 0 aliphatic carbocycles. The molecule has 0 spiro atoms. The standard InChI is InChI=1S/C14H19N3O/c1-11-6-12(9-16-8-11)13(7-15)10-17-14-2-4-18-5-3-14/h6-10,14-15,17H,2-5H2,1H3/b13-10+,15-7?. The van der Waals surface area contributed by atoms with Crippen LogP contribution in [-0.4, -0.2) is 30.5 Å². The van der Waals surface area contributed by atoms with E-state index in [1.807, 2.05) is 25.4 Å². The van der Waals surface area contributed by atoms with E-state index in [0.29, 0.717) is 6.04 Å². The second kappa shape index (κ2) is 6.31. The highest BCUT2D eigenvalue weighted by atomic mass is 16.5. The molecule has 1 fully saturated rings. The van der Waals surface area contributed by atoms with Gasteiger partial charge < -0.3 is 15.5 Å². The smallest absolute Gasteiger partial charge is 0.0485 e. The predicted molar refractivity (Wildman–Crippen MR) is 72.7 cm³/mol. The van der Waals surface area contributed by atoms with Crippen LogP contribution in [0.4, 0.5) is 0 Å². The van der Waals surface area contributed by atoms with Gasteiger partial charge in [0.1, 0.15) is 0 Å². The Hall–Kier alpha value is -1.68. The largest absolute Gasteiger partial charge is 0.387 e. The van der Waals surface area contributed by atoms with Crippen molar-refractivity contribution >= 4 is 11.8 Å². The molecule has 4 nitrogen and oxygen atoms in total. The summed E-state index contributed by atoms with van der Waals surface area (Å²) >= 11 is 0. The molecule has 1 aromatic heterocycles. The van der Waals surface area contributed by atoms with Gasteiger partial charge in [-0.2, -0.15) is 0 Å². The number of allylic oxidation sites excluding steroid dienone is 1. The minimum absolute atomic E-state index is 0.450. The van der Waals surface area contributed by atoms with Crippen LogP contribution in [-0.2, 0) is 4.74 Å². The molecule has 0 aromatic carbocycles. The fourth-order valence-electron chi connectivity index (χ4n) is 1.99. The van der Waals surface area contributed by atoms with Gasteiger partial charge in [-0.3, -0.25) is 4.98 Å². The number of nitrogens with zero attached hydrogens (tertiary/aromatic N) is 1. The topological polar surface area (TPSA) is 58.0 Å². The Morgan fingerprint density at radius 2 is 2.22 bits per heavy atom. The summed E-state index contributed by atoms with van der Waals surface area (Å²) in [6.45, 7) is 3.64. The van der Waals surface area contributed by atoms with Gasteiger partial charge in [0.15, 0.2) is 0 Å². The molecule has 2 heterocycles. The van der Waals surface area contributed by atoms with Crippen molar-refractivity contribution in [1.29, 1.82) is 5.41 Å². The van der Waals surface area contributed by atoms with Crippen molar-refractivity contribution in [1.82, 2.24) is 10.3 Å². The van der Waals surface area contributed by atoms with E-state index in [-0.39, 0.29) is 0 Å². The summed E-state index contributed by atoms with van der Waals surface area (Å²) < 4.78 is 5.32. The summed E-state index contributed by atoms with van der Waals surface area (Å²) in [5.41, 5.74) is 2.94. The van der Waals surface area contributed by atoms with Crippen molar-refractivity contribution in [2.24, 2.45) is 0 Å². The van der Waals surface area contributed by atoms with Crippen molar-refractivity contribution in [3.63, 3.8) is 0 Å². The summed E-state index contributed by atoms with van der Waals surface area (Å²) in [5.74, 6) is 0. The summed E-state index contributed by atoms with van der Waals surface area (Å²) in [5, 5.41) is 10.9. The van der Waals surface area contributed by atoms with Crippen LogP contribution in [0.5, 0.6) is 0 Å². The Morgan fingerprint density at radius 1 is 1.44 bits per heavy atom. The molecule has 0 amide bonds. The van der Waals surface area contributed by atoms with E-state index >= 15 is 0 Å². The van der Waals surface area contributed by atoms with E-state index in [2.05, 4.69) is 10.3 Å². The molecule has 1 aliphatic heterocycles. The fourth-order valence-corrected chi connectivity index (χ4v) is 1.99. The van der Waals surface area contributed by atoms with E-state index in [4.69, 9.17) is 10.1 Å². The van der Waals surface area contributed by atoms with Crippen LogP contribution < -0.4 is 5.32 Å². The van der Waals surface area contributed by atoms with E-state index in [9.17, 15) is 0 Å². The Bertz CT molecular complexity index is 436. The normalized spacial score (nSPS) is 17.5. The van der Waals surface area contributed by atoms with Gasteiger partial charge in [-0.1, -0.05) is 0 Å². The Balaban J connectivity index is 2.05. The van der Waals surface area contributed by atoms with Crippen molar-refractivity contribution in [3.8, 4) is 0 Å². The maximum Gasteiger partial charge on any atom is 0.0485 e. The van der Waals surface area contributed by atoms with E-state index in [1.165, 1.54) is 6.21 Å². The number of rotatable bonds is 4. The number of pyridine rings is 1. The number of ether oxygens (including phenoxy) is 1. The lowest BCUT2D eigenvalue weighted by atomic mass is 10.1. The third-order valence-corrected chi connectivity index (χ3v) is 3.06. The zero-order chi connectivity index (χ0) is 12.8. The Morgan fingerprint density at radius 3 is 2.89 bits per heavy atom. The van der Waals surface area contributed by atoms with Crippen molar-refractivity contribution < 1.29 is 4.74 Å². The first-order chi connectivity index (χ1) is 8.79. The third-order valence-electron chi connectivity index (χ3n) is 3.06. The van der Waals surface area contributed by atoms with Crippen LogP contribution in [0, 0.1) is 12.3 Å². The van der Waals surface area contributed by atoms with Gasteiger partial charge in [0.2, 0.25) is 0 Å². The van der Waals surface area contributed by atoms with Crippen LogP contribution in [0.3, 0.4) is 0 Å². The lowest BCUT2D eigenvalue weighted by Gasteiger charge is -2.22. The SMILES string of the molecule is Cc1cncc(/C(C=N)=C/NC2CCOCC2)c1. The molecular weight excluding hydrogens is 226 g/mol. The van der Waals surface area contributed by atoms with Gasteiger partial charge in [0, 0.05) is 55.2 Å². The van der Waals surface area contributed by atoms with Gasteiger partial charge in [-0.25, -0.2) is 0 Å². The minimum Gasteiger partial charge on any atom is -0.387 e. The summed E-state index contributed by atoms with van der Waals surface area (Å²) in [6.07, 6.45) is 8.93. The van der Waals surface area contributed by atoms with Gasteiger partial charge in [-0.05, 0) is 31.4 Å². The van der Waals surface area contributed by atoms with Crippen molar-refractivity contribution in [3.05, 3.63) is 35.8 Å². The number of aryl methyl sites for hydroxylation is 1. The first-order valence-electron chi connectivity index (χ1n) is 6.26. The number of aromatic nitrogens is 1. The molecule has 2 rings (SSSR count). The highest BCUT2D eigenvalue weighted by Gasteiger charge is 2.11. The van der Waals surface area contributed by atoms with Gasteiger partial charge in [-0.15, -0.1) is 0 Å². The molecular formula is C14H19N3O. The molecule has 2 N–H and O–H groups in total. The molecule has 1 aliphatic rings. The summed E-state index contributed by atoms with van der Waals surface area (Å²) in [6, 6.07) is 2.49. The lowest BCUT2D eigenvalue weighted by molar-refractivity contribution is 0.0812. The average molecular weight is 245 g/mol. The average Bonchev–Trinajstić information content (AvgIpc) is 2.41. The fraction of sp³-hybridized carbons (Fsp3) is 0.429. The molecule has 1 aromatic rings. The molecule has 18 heavy (non-hydrogen) atoms. The van der Waals surface area contributed by atoms with Crippen LogP contribution in [0.25, 0.3) is 5.57 Å². The lowest BCUT2D eigenvalue weighted by Crippen LogP contribution is -2.31. The molecule has 0 atom stereocenters. The molecule has 1 saturated heterocycles. The molecule has 0 saturated carbocycles. The van der Waals surface area contributed by atoms with Crippen molar-refractivity contribution in [2.45, 2.75) is 25.8 Å². The zero-order valence-corrected chi connectivity index (χ0v) is 10.6. The molecule has 0 radical (unpaired) electrons. The number of hydrogen-bond acceptors (Lipinski definition) is 4. The third kappa shape index (κ3) is 3.40. The first-order valence-corrected chi connectivity index (χ1v) is 6.26. The predicted octanol–water partition coefficient (Wildman–Crippen LogP) is 2.15. The maximum absolute atomic E-state index is 7.50.